The summed E-state index contributed by atoms with van der Waals surface area (Å²) in [6, 6.07) is 6.29. The third-order valence-corrected chi connectivity index (χ3v) is 5.28. The van der Waals surface area contributed by atoms with Gasteiger partial charge in [0.2, 0.25) is 0 Å². The van der Waals surface area contributed by atoms with E-state index in [0.717, 1.165) is 18.6 Å². The average molecular weight is 490 g/mol. The van der Waals surface area contributed by atoms with E-state index in [2.05, 4.69) is 0 Å². The molecule has 0 saturated carbocycles. The molecule has 172 valence electrons. The molecule has 3 nitrogen and oxygen atoms in total. The first-order valence-electron chi connectivity index (χ1n) is 9.10. The summed E-state index contributed by atoms with van der Waals surface area (Å²) in [7, 11) is 0. The van der Waals surface area contributed by atoms with Crippen molar-refractivity contribution in [3.05, 3.63) is 57.6 Å². The molecule has 0 aromatic heterocycles. The van der Waals surface area contributed by atoms with Gasteiger partial charge in [-0.1, -0.05) is 48.7 Å². The lowest BCUT2D eigenvalue weighted by Crippen LogP contribution is -2.53. The molecular weight excluding hydrogens is 471 g/mol. The van der Waals surface area contributed by atoms with Crippen LogP contribution in [0.15, 0.2) is 36.4 Å². The minimum Gasteiger partial charge on any atom is -0.505 e. The van der Waals surface area contributed by atoms with Crippen LogP contribution in [0.3, 0.4) is 0 Å². The molecule has 0 amide bonds. The van der Waals surface area contributed by atoms with Gasteiger partial charge >= 0.3 is 12.4 Å². The van der Waals surface area contributed by atoms with Crippen molar-refractivity contribution in [1.82, 2.24) is 0 Å². The SMILES string of the molecule is CCCCN(Cc1cc(Cl)c(O)c(Cl)c1)c1ccc(C(O)(C(F)(F)F)C(F)(F)F)cc1. The van der Waals surface area contributed by atoms with Crippen LogP contribution in [0.1, 0.15) is 30.9 Å². The lowest BCUT2D eigenvalue weighted by atomic mass is 9.92. The summed E-state index contributed by atoms with van der Waals surface area (Å²) in [4.78, 5) is 1.71. The van der Waals surface area contributed by atoms with Crippen LogP contribution < -0.4 is 4.90 Å². The maximum atomic E-state index is 13.1. The number of phenols is 1. The Labute approximate surface area is 184 Å². The molecule has 0 aliphatic heterocycles. The number of anilines is 1. The van der Waals surface area contributed by atoms with E-state index in [-0.39, 0.29) is 22.3 Å². The summed E-state index contributed by atoms with van der Waals surface area (Å²) >= 11 is 11.8. The Balaban J connectivity index is 2.41. The fourth-order valence-corrected chi connectivity index (χ4v) is 3.51. The maximum absolute atomic E-state index is 13.1. The van der Waals surface area contributed by atoms with E-state index in [1.807, 2.05) is 6.92 Å². The van der Waals surface area contributed by atoms with Crippen molar-refractivity contribution in [2.75, 3.05) is 11.4 Å². The topological polar surface area (TPSA) is 43.7 Å². The Hall–Kier alpha value is -1.84. The van der Waals surface area contributed by atoms with Crippen molar-refractivity contribution in [3.63, 3.8) is 0 Å². The number of nitrogens with zero attached hydrogens (tertiary/aromatic N) is 1. The zero-order valence-electron chi connectivity index (χ0n) is 16.2. The third kappa shape index (κ3) is 5.32. The summed E-state index contributed by atoms with van der Waals surface area (Å²) in [5.74, 6) is -0.296. The summed E-state index contributed by atoms with van der Waals surface area (Å²) in [5, 5.41) is 19.2. The van der Waals surface area contributed by atoms with E-state index in [1.54, 1.807) is 4.90 Å². The Morgan fingerprint density at radius 2 is 1.39 bits per heavy atom. The van der Waals surface area contributed by atoms with Gasteiger partial charge in [-0.2, -0.15) is 26.3 Å². The molecule has 0 saturated heterocycles. The fourth-order valence-electron chi connectivity index (χ4n) is 2.98. The molecule has 2 N–H and O–H groups in total. The van der Waals surface area contributed by atoms with Crippen LogP contribution in [0.2, 0.25) is 10.0 Å². The molecule has 0 aliphatic rings. The Morgan fingerprint density at radius 3 is 1.81 bits per heavy atom. The highest BCUT2D eigenvalue weighted by Gasteiger charge is 2.71. The van der Waals surface area contributed by atoms with Crippen molar-refractivity contribution in [2.45, 2.75) is 44.3 Å². The molecule has 2 aromatic carbocycles. The molecule has 2 rings (SSSR count). The number of rotatable bonds is 7. The van der Waals surface area contributed by atoms with Crippen molar-refractivity contribution >= 4 is 28.9 Å². The highest BCUT2D eigenvalue weighted by molar-refractivity contribution is 6.37. The number of aliphatic hydroxyl groups is 1. The normalized spacial score (nSPS) is 12.8. The molecule has 0 aliphatic carbocycles. The van der Waals surface area contributed by atoms with Gasteiger partial charge in [0.1, 0.15) is 0 Å². The number of phenolic OH excluding ortho intramolecular Hbond substituents is 1. The van der Waals surface area contributed by atoms with E-state index >= 15 is 0 Å². The quantitative estimate of drug-likeness (QED) is 0.419. The van der Waals surface area contributed by atoms with Crippen LogP contribution in [0, 0.1) is 0 Å². The summed E-state index contributed by atoms with van der Waals surface area (Å²) < 4.78 is 78.5. The highest BCUT2D eigenvalue weighted by Crippen LogP contribution is 2.50. The van der Waals surface area contributed by atoms with Crippen molar-refractivity contribution in [2.24, 2.45) is 0 Å². The van der Waals surface area contributed by atoms with Crippen LogP contribution in [-0.4, -0.2) is 29.1 Å². The van der Waals surface area contributed by atoms with E-state index in [1.165, 1.54) is 12.1 Å². The summed E-state index contributed by atoms with van der Waals surface area (Å²) in [6.07, 6.45) is -10.4. The Kier molecular flexibility index (Phi) is 7.66. The van der Waals surface area contributed by atoms with Gasteiger partial charge in [-0.05, 0) is 36.2 Å². The first-order valence-corrected chi connectivity index (χ1v) is 9.86. The van der Waals surface area contributed by atoms with Gasteiger partial charge in [-0.15, -0.1) is 0 Å². The zero-order chi connectivity index (χ0) is 23.6. The predicted molar refractivity (Wildman–Crippen MR) is 107 cm³/mol. The van der Waals surface area contributed by atoms with Gasteiger partial charge in [0.15, 0.2) is 5.75 Å². The van der Waals surface area contributed by atoms with Crippen molar-refractivity contribution < 1.29 is 36.6 Å². The molecule has 0 spiro atoms. The molecule has 0 unspecified atom stereocenters. The minimum atomic E-state index is -5.95. The average Bonchev–Trinajstić information content (AvgIpc) is 2.67. The fraction of sp³-hybridized carbons (Fsp3) is 0.400. The number of benzene rings is 2. The molecule has 0 atom stereocenters. The van der Waals surface area contributed by atoms with E-state index < -0.39 is 23.5 Å². The van der Waals surface area contributed by atoms with Crippen LogP contribution in [-0.2, 0) is 12.1 Å². The zero-order valence-corrected chi connectivity index (χ0v) is 17.7. The second-order valence-electron chi connectivity index (χ2n) is 6.94. The minimum absolute atomic E-state index is 0.00806. The van der Waals surface area contributed by atoms with Crippen LogP contribution in [0.25, 0.3) is 0 Å². The molecule has 11 heteroatoms. The van der Waals surface area contributed by atoms with Gasteiger partial charge in [0.25, 0.3) is 5.60 Å². The highest BCUT2D eigenvalue weighted by atomic mass is 35.5. The molecule has 0 fully saturated rings. The van der Waals surface area contributed by atoms with E-state index in [9.17, 15) is 36.6 Å². The van der Waals surface area contributed by atoms with Crippen molar-refractivity contribution in [3.8, 4) is 5.75 Å². The molecular formula is C20H19Cl2F6NO2. The Morgan fingerprint density at radius 1 is 0.903 bits per heavy atom. The van der Waals surface area contributed by atoms with Gasteiger partial charge in [0, 0.05) is 24.3 Å². The Bertz CT molecular complexity index is 863. The number of aromatic hydroxyl groups is 1. The molecule has 2 aromatic rings. The first kappa shape index (κ1) is 25.4. The van der Waals surface area contributed by atoms with Crippen LogP contribution in [0.5, 0.6) is 5.75 Å². The third-order valence-electron chi connectivity index (χ3n) is 4.70. The smallest absolute Gasteiger partial charge is 0.430 e. The molecule has 0 bridgehead atoms. The van der Waals surface area contributed by atoms with E-state index in [0.29, 0.717) is 36.3 Å². The molecule has 0 radical (unpaired) electrons. The molecule has 31 heavy (non-hydrogen) atoms. The van der Waals surface area contributed by atoms with Gasteiger partial charge in [0.05, 0.1) is 10.0 Å². The summed E-state index contributed by atoms with van der Waals surface area (Å²) in [6.45, 7) is 2.54. The maximum Gasteiger partial charge on any atom is 0.430 e. The number of hydrogen-bond acceptors (Lipinski definition) is 3. The summed E-state index contributed by atoms with van der Waals surface area (Å²) in [5.41, 5.74) is -5.40. The van der Waals surface area contributed by atoms with Crippen molar-refractivity contribution in [1.29, 1.82) is 0 Å². The second-order valence-corrected chi connectivity index (χ2v) is 7.75. The molecule has 0 heterocycles. The number of unbranched alkanes of at least 4 members (excludes halogenated alkanes) is 1. The standard InChI is InChI=1S/C20H19Cl2F6NO2/c1-2-3-8-29(11-12-9-15(21)17(30)16(22)10-12)14-6-4-13(5-7-14)18(31,19(23,24)25)20(26,27)28/h4-7,9-10,30-31H,2-3,8,11H2,1H3. The predicted octanol–water partition coefficient (Wildman–Crippen LogP) is 6.82. The lowest BCUT2D eigenvalue weighted by molar-refractivity contribution is -0.376. The van der Waals surface area contributed by atoms with Gasteiger partial charge in [-0.3, -0.25) is 0 Å². The van der Waals surface area contributed by atoms with Gasteiger partial charge < -0.3 is 15.1 Å². The first-order chi connectivity index (χ1) is 14.2. The number of halogens is 8. The largest absolute Gasteiger partial charge is 0.505 e. The lowest BCUT2D eigenvalue weighted by Gasteiger charge is -2.33. The number of hydrogen-bond donors (Lipinski definition) is 2. The van der Waals surface area contributed by atoms with Crippen LogP contribution in [0.4, 0.5) is 32.0 Å². The van der Waals surface area contributed by atoms with Crippen LogP contribution >= 0.6 is 23.2 Å². The van der Waals surface area contributed by atoms with E-state index in [4.69, 9.17) is 23.2 Å². The number of alkyl halides is 6. The second kappa shape index (κ2) is 9.34. The monoisotopic (exact) mass is 489 g/mol. The van der Waals surface area contributed by atoms with Gasteiger partial charge in [-0.25, -0.2) is 0 Å².